The quantitative estimate of drug-likeness (QED) is 0.167. The Morgan fingerprint density at radius 1 is 0.971 bits per heavy atom. The summed E-state index contributed by atoms with van der Waals surface area (Å²) in [5.74, 6) is -0.566. The number of nitrogens with zero attached hydrogens (tertiary/aromatic N) is 1. The van der Waals surface area contributed by atoms with Crippen LogP contribution in [0.3, 0.4) is 0 Å². The summed E-state index contributed by atoms with van der Waals surface area (Å²) in [5.41, 5.74) is 1.99. The molecule has 0 radical (unpaired) electrons. The Balaban J connectivity index is 1.61. The Labute approximate surface area is 209 Å². The van der Waals surface area contributed by atoms with Crippen molar-refractivity contribution in [2.24, 2.45) is 0 Å². The molecule has 2 N–H and O–H groups in total. The van der Waals surface area contributed by atoms with E-state index in [2.05, 4.69) is 28.9 Å². The van der Waals surface area contributed by atoms with Crippen LogP contribution >= 0.6 is 12.6 Å². The van der Waals surface area contributed by atoms with Gasteiger partial charge in [-0.15, -0.1) is 12.6 Å². The van der Waals surface area contributed by atoms with Gasteiger partial charge < -0.3 is 15.1 Å². The van der Waals surface area contributed by atoms with Crippen molar-refractivity contribution in [3.63, 3.8) is 0 Å². The monoisotopic (exact) mass is 486 g/mol. The summed E-state index contributed by atoms with van der Waals surface area (Å²) in [7, 11) is 0. The van der Waals surface area contributed by atoms with E-state index in [0.29, 0.717) is 16.0 Å². The summed E-state index contributed by atoms with van der Waals surface area (Å²) in [4.78, 5) is 32.9. The fourth-order valence-corrected chi connectivity index (χ4v) is 4.27. The third-order valence-electron chi connectivity index (χ3n) is 5.93. The van der Waals surface area contributed by atoms with E-state index >= 15 is 0 Å². The van der Waals surface area contributed by atoms with Gasteiger partial charge >= 0.3 is 0 Å². The largest absolute Gasteiger partial charge is 0.346 e. The number of carbonyl (C=O) groups is 2. The summed E-state index contributed by atoms with van der Waals surface area (Å²) in [6.45, 7) is 4.00. The number of benzene rings is 4. The highest BCUT2D eigenvalue weighted by molar-refractivity contribution is 7.80. The molecule has 0 spiro atoms. The average Bonchev–Trinajstić information content (AvgIpc) is 2.88. The van der Waals surface area contributed by atoms with Gasteiger partial charge in [0.05, 0.1) is 17.3 Å². The van der Waals surface area contributed by atoms with Crippen LogP contribution in [0.4, 0.5) is 5.69 Å². The molecule has 35 heavy (non-hydrogen) atoms. The van der Waals surface area contributed by atoms with E-state index < -0.39 is 0 Å². The van der Waals surface area contributed by atoms with Crippen LogP contribution in [0.25, 0.3) is 10.8 Å². The number of amides is 2. The maximum atomic E-state index is 13.3. The van der Waals surface area contributed by atoms with Crippen molar-refractivity contribution >= 4 is 40.9 Å². The van der Waals surface area contributed by atoms with E-state index in [-0.39, 0.29) is 35.8 Å². The molecule has 178 valence electrons. The zero-order valence-corrected chi connectivity index (χ0v) is 20.3. The van der Waals surface area contributed by atoms with Gasteiger partial charge in [-0.1, -0.05) is 48.5 Å². The van der Waals surface area contributed by atoms with Gasteiger partial charge in [0.1, 0.15) is 0 Å². The third kappa shape index (κ3) is 5.16. The van der Waals surface area contributed by atoms with Crippen molar-refractivity contribution in [3.05, 3.63) is 102 Å². The standard InChI is InChI=1S/C28H26N2O4S/c1-3-30(28(32)23-10-6-7-11-26(23)35)24-17-22(14-15-25(24)34-33)27(31)29-18(2)20-13-12-19-8-4-5-9-21(19)16-20/h4-18,33,35H,3H2,1-2H3,(H,29,31)/t18-/m1/s1. The molecular weight excluding hydrogens is 460 g/mol. The molecule has 4 aromatic rings. The van der Waals surface area contributed by atoms with Gasteiger partial charge in [0.25, 0.3) is 11.8 Å². The number of anilines is 1. The summed E-state index contributed by atoms with van der Waals surface area (Å²) in [6.07, 6.45) is 0. The number of rotatable bonds is 7. The third-order valence-corrected chi connectivity index (χ3v) is 6.32. The Morgan fingerprint density at radius 2 is 1.69 bits per heavy atom. The molecule has 0 aromatic heterocycles. The minimum atomic E-state index is -0.321. The maximum Gasteiger partial charge on any atom is 0.259 e. The summed E-state index contributed by atoms with van der Waals surface area (Å²) in [6, 6.07) is 25.4. The van der Waals surface area contributed by atoms with Crippen LogP contribution in [0.5, 0.6) is 5.75 Å². The van der Waals surface area contributed by atoms with E-state index in [1.807, 2.05) is 43.3 Å². The molecule has 0 aliphatic heterocycles. The van der Waals surface area contributed by atoms with Gasteiger partial charge in [0.15, 0.2) is 5.75 Å². The minimum absolute atomic E-state index is 0.0657. The fraction of sp³-hybridized carbons (Fsp3) is 0.143. The second kappa shape index (κ2) is 10.6. The first-order valence-electron chi connectivity index (χ1n) is 11.3. The molecule has 0 heterocycles. The molecule has 2 amide bonds. The zero-order chi connectivity index (χ0) is 24.9. The Kier molecular flexibility index (Phi) is 7.39. The SMILES string of the molecule is CCN(C(=O)c1ccccc1S)c1cc(C(=O)N[C@H](C)c2ccc3ccccc3c2)ccc1OO. The van der Waals surface area contributed by atoms with Crippen molar-refractivity contribution in [2.75, 3.05) is 11.4 Å². The van der Waals surface area contributed by atoms with E-state index in [4.69, 9.17) is 0 Å². The van der Waals surface area contributed by atoms with Crippen molar-refractivity contribution < 1.29 is 19.7 Å². The lowest BCUT2D eigenvalue weighted by atomic mass is 10.0. The van der Waals surface area contributed by atoms with Crippen molar-refractivity contribution in [1.29, 1.82) is 0 Å². The molecule has 4 aromatic carbocycles. The smallest absolute Gasteiger partial charge is 0.259 e. The maximum absolute atomic E-state index is 13.3. The summed E-state index contributed by atoms with van der Waals surface area (Å²) in [5, 5.41) is 14.7. The highest BCUT2D eigenvalue weighted by atomic mass is 32.1. The van der Waals surface area contributed by atoms with Gasteiger partial charge in [-0.2, -0.15) is 0 Å². The fourth-order valence-electron chi connectivity index (χ4n) is 4.01. The predicted octanol–water partition coefficient (Wildman–Crippen LogP) is 6.14. The summed E-state index contributed by atoms with van der Waals surface area (Å²) >= 11 is 4.39. The molecule has 0 aliphatic rings. The van der Waals surface area contributed by atoms with Gasteiger partial charge in [-0.05, 0) is 66.6 Å². The molecule has 6 nitrogen and oxygen atoms in total. The second-order valence-electron chi connectivity index (χ2n) is 8.14. The lowest BCUT2D eigenvalue weighted by Crippen LogP contribution is -2.32. The van der Waals surface area contributed by atoms with Crippen LogP contribution in [0.1, 0.15) is 46.2 Å². The van der Waals surface area contributed by atoms with Crippen LogP contribution in [0.15, 0.2) is 89.8 Å². The number of thiol groups is 1. The highest BCUT2D eigenvalue weighted by Gasteiger charge is 2.23. The molecule has 4 rings (SSSR count). The average molecular weight is 487 g/mol. The Bertz CT molecular complexity index is 1390. The molecule has 0 fully saturated rings. The number of fused-ring (bicyclic) bond motifs is 1. The van der Waals surface area contributed by atoms with E-state index in [0.717, 1.165) is 16.3 Å². The minimum Gasteiger partial charge on any atom is -0.346 e. The van der Waals surface area contributed by atoms with Crippen LogP contribution in [0, 0.1) is 0 Å². The second-order valence-corrected chi connectivity index (χ2v) is 8.62. The van der Waals surface area contributed by atoms with Crippen LogP contribution in [-0.2, 0) is 0 Å². The molecule has 0 saturated heterocycles. The lowest BCUT2D eigenvalue weighted by Gasteiger charge is -2.24. The van der Waals surface area contributed by atoms with E-state index in [9.17, 15) is 14.8 Å². The molecule has 0 saturated carbocycles. The van der Waals surface area contributed by atoms with E-state index in [1.54, 1.807) is 37.3 Å². The first-order valence-corrected chi connectivity index (χ1v) is 11.7. The first-order chi connectivity index (χ1) is 16.9. The van der Waals surface area contributed by atoms with Crippen LogP contribution < -0.4 is 15.1 Å². The van der Waals surface area contributed by atoms with Crippen LogP contribution in [-0.4, -0.2) is 23.6 Å². The molecule has 0 aliphatic carbocycles. The number of carbonyl (C=O) groups excluding carboxylic acids is 2. The van der Waals surface area contributed by atoms with Gasteiger partial charge in [-0.25, -0.2) is 5.26 Å². The molecular formula is C28H26N2O4S. The van der Waals surface area contributed by atoms with Gasteiger partial charge in [0, 0.05) is 17.0 Å². The van der Waals surface area contributed by atoms with E-state index in [1.165, 1.54) is 17.0 Å². The Hall–Kier alpha value is -3.81. The first kappa shape index (κ1) is 24.3. The highest BCUT2D eigenvalue weighted by Crippen LogP contribution is 2.32. The number of hydrogen-bond acceptors (Lipinski definition) is 5. The molecule has 0 unspecified atom stereocenters. The summed E-state index contributed by atoms with van der Waals surface area (Å²) < 4.78 is 0. The van der Waals surface area contributed by atoms with Crippen molar-refractivity contribution in [2.45, 2.75) is 24.8 Å². The molecule has 0 bridgehead atoms. The van der Waals surface area contributed by atoms with Gasteiger partial charge in [-0.3, -0.25) is 9.59 Å². The molecule has 1 atom stereocenters. The van der Waals surface area contributed by atoms with Crippen molar-refractivity contribution in [3.8, 4) is 5.75 Å². The number of hydrogen-bond donors (Lipinski definition) is 3. The molecule has 7 heteroatoms. The zero-order valence-electron chi connectivity index (χ0n) is 19.4. The lowest BCUT2D eigenvalue weighted by molar-refractivity contribution is -0.137. The normalized spacial score (nSPS) is 11.7. The topological polar surface area (TPSA) is 78.9 Å². The van der Waals surface area contributed by atoms with Crippen LogP contribution in [0.2, 0.25) is 0 Å². The predicted molar refractivity (Wildman–Crippen MR) is 141 cm³/mol. The Morgan fingerprint density at radius 3 is 2.40 bits per heavy atom. The van der Waals surface area contributed by atoms with Gasteiger partial charge in [0.2, 0.25) is 0 Å². The number of nitrogens with one attached hydrogen (secondary N) is 1. The van der Waals surface area contributed by atoms with Crippen molar-refractivity contribution in [1.82, 2.24) is 5.32 Å².